The predicted octanol–water partition coefficient (Wildman–Crippen LogP) is 1.34. The van der Waals surface area contributed by atoms with Gasteiger partial charge >= 0.3 is 5.97 Å². The molecule has 2 aromatic heterocycles. The Labute approximate surface area is 121 Å². The molecule has 0 atom stereocenters. The van der Waals surface area contributed by atoms with E-state index in [0.29, 0.717) is 30.3 Å². The molecule has 1 aliphatic carbocycles. The van der Waals surface area contributed by atoms with Crippen molar-refractivity contribution in [1.29, 1.82) is 0 Å². The first-order valence-electron chi connectivity index (χ1n) is 7.10. The van der Waals surface area contributed by atoms with Crippen molar-refractivity contribution in [2.24, 2.45) is 11.3 Å². The second-order valence-corrected chi connectivity index (χ2v) is 5.90. The quantitative estimate of drug-likeness (QED) is 0.879. The first kappa shape index (κ1) is 13.7. The van der Waals surface area contributed by atoms with Gasteiger partial charge < -0.3 is 5.11 Å². The first-order valence-corrected chi connectivity index (χ1v) is 7.10. The molecular weight excluding hydrogens is 272 g/mol. The Kier molecular flexibility index (Phi) is 3.44. The monoisotopic (exact) mass is 290 g/mol. The van der Waals surface area contributed by atoms with E-state index in [-0.39, 0.29) is 6.54 Å². The summed E-state index contributed by atoms with van der Waals surface area (Å²) < 4.78 is 1.57. The highest BCUT2D eigenvalue weighted by Crippen LogP contribution is 2.40. The van der Waals surface area contributed by atoms with Crippen LogP contribution in [0.3, 0.4) is 0 Å². The SMILES string of the molecule is CC1CCC(Cn2nnnc2-c2ccn[nH]2)(C(=O)O)CC1. The highest BCUT2D eigenvalue weighted by atomic mass is 16.4. The van der Waals surface area contributed by atoms with Gasteiger partial charge in [0.1, 0.15) is 5.69 Å². The standard InChI is InChI=1S/C13H18N6O2/c1-9-2-5-13(6-3-9,12(20)21)8-19-11(16-17-18-19)10-4-7-14-15-10/h4,7,9H,2-3,5-6,8H2,1H3,(H,14,15)(H,20,21). The predicted molar refractivity (Wildman–Crippen MR) is 73.1 cm³/mol. The summed E-state index contributed by atoms with van der Waals surface area (Å²) >= 11 is 0. The van der Waals surface area contributed by atoms with E-state index in [0.717, 1.165) is 12.8 Å². The van der Waals surface area contributed by atoms with Crippen LogP contribution in [0.2, 0.25) is 0 Å². The number of nitrogens with zero attached hydrogens (tertiary/aromatic N) is 5. The summed E-state index contributed by atoms with van der Waals surface area (Å²) in [4.78, 5) is 11.8. The summed E-state index contributed by atoms with van der Waals surface area (Å²) in [5.74, 6) is 0.339. The van der Waals surface area contributed by atoms with Gasteiger partial charge in [0, 0.05) is 6.20 Å². The van der Waals surface area contributed by atoms with Gasteiger partial charge in [-0.05, 0) is 48.1 Å². The zero-order chi connectivity index (χ0) is 14.9. The smallest absolute Gasteiger partial charge is 0.311 e. The number of hydrogen-bond donors (Lipinski definition) is 2. The van der Waals surface area contributed by atoms with Crippen molar-refractivity contribution < 1.29 is 9.90 Å². The molecule has 21 heavy (non-hydrogen) atoms. The lowest BCUT2D eigenvalue weighted by atomic mass is 9.71. The Morgan fingerprint density at radius 3 is 2.90 bits per heavy atom. The summed E-state index contributed by atoms with van der Waals surface area (Å²) in [6.45, 7) is 2.45. The Balaban J connectivity index is 1.88. The maximum absolute atomic E-state index is 11.8. The molecule has 0 aliphatic heterocycles. The average molecular weight is 290 g/mol. The summed E-state index contributed by atoms with van der Waals surface area (Å²) in [6, 6.07) is 1.76. The number of rotatable bonds is 4. The van der Waals surface area contributed by atoms with Crippen molar-refractivity contribution in [3.8, 4) is 11.5 Å². The van der Waals surface area contributed by atoms with E-state index >= 15 is 0 Å². The summed E-state index contributed by atoms with van der Waals surface area (Å²) in [5.41, 5.74) is -0.0962. The third-order valence-corrected chi connectivity index (χ3v) is 4.41. The Morgan fingerprint density at radius 2 is 2.29 bits per heavy atom. The fraction of sp³-hybridized carbons (Fsp3) is 0.615. The number of carboxylic acid groups (broad SMARTS) is 1. The molecule has 0 saturated heterocycles. The second-order valence-electron chi connectivity index (χ2n) is 5.90. The van der Waals surface area contributed by atoms with Gasteiger partial charge in [-0.2, -0.15) is 5.10 Å². The molecule has 0 amide bonds. The fourth-order valence-electron chi connectivity index (χ4n) is 2.93. The van der Waals surface area contributed by atoms with Crippen LogP contribution in [0.4, 0.5) is 0 Å². The van der Waals surface area contributed by atoms with E-state index in [1.165, 1.54) is 0 Å². The molecule has 0 unspecified atom stereocenters. The van der Waals surface area contributed by atoms with Gasteiger partial charge in [-0.15, -0.1) is 5.10 Å². The number of aromatic nitrogens is 6. The van der Waals surface area contributed by atoms with Crippen LogP contribution in [0.1, 0.15) is 32.6 Å². The van der Waals surface area contributed by atoms with Crippen molar-refractivity contribution in [2.45, 2.75) is 39.2 Å². The van der Waals surface area contributed by atoms with Crippen molar-refractivity contribution in [2.75, 3.05) is 0 Å². The topological polar surface area (TPSA) is 110 Å². The molecule has 0 bridgehead atoms. The molecule has 1 fully saturated rings. The van der Waals surface area contributed by atoms with Gasteiger partial charge in [0.2, 0.25) is 0 Å². The summed E-state index contributed by atoms with van der Waals surface area (Å²) in [7, 11) is 0. The third kappa shape index (κ3) is 2.53. The Hall–Kier alpha value is -2.25. The molecule has 0 aromatic carbocycles. The van der Waals surface area contributed by atoms with Crippen molar-refractivity contribution in [1.82, 2.24) is 30.4 Å². The lowest BCUT2D eigenvalue weighted by molar-refractivity contribution is -0.152. The highest BCUT2D eigenvalue weighted by molar-refractivity contribution is 5.74. The fourth-order valence-corrected chi connectivity index (χ4v) is 2.93. The van der Waals surface area contributed by atoms with E-state index in [2.05, 4.69) is 32.6 Å². The van der Waals surface area contributed by atoms with Crippen LogP contribution in [0.15, 0.2) is 12.3 Å². The molecule has 8 nitrogen and oxygen atoms in total. The van der Waals surface area contributed by atoms with Crippen LogP contribution < -0.4 is 0 Å². The number of aromatic amines is 1. The van der Waals surface area contributed by atoms with Crippen LogP contribution in [0, 0.1) is 11.3 Å². The van der Waals surface area contributed by atoms with Crippen molar-refractivity contribution in [3.05, 3.63) is 12.3 Å². The second kappa shape index (κ2) is 5.27. The zero-order valence-corrected chi connectivity index (χ0v) is 11.9. The van der Waals surface area contributed by atoms with Crippen LogP contribution in [-0.2, 0) is 11.3 Å². The van der Waals surface area contributed by atoms with E-state index in [9.17, 15) is 9.90 Å². The molecule has 112 valence electrons. The molecule has 2 heterocycles. The average Bonchev–Trinajstić information content (AvgIpc) is 3.12. The number of aliphatic carboxylic acids is 1. The maximum atomic E-state index is 11.8. The number of hydrogen-bond acceptors (Lipinski definition) is 5. The lowest BCUT2D eigenvalue weighted by Crippen LogP contribution is -2.39. The van der Waals surface area contributed by atoms with Gasteiger partial charge in [-0.25, -0.2) is 4.68 Å². The van der Waals surface area contributed by atoms with Gasteiger partial charge in [0.25, 0.3) is 0 Å². The molecule has 2 aromatic rings. The molecule has 3 rings (SSSR count). The normalized spacial score (nSPS) is 25.9. The molecular formula is C13H18N6O2. The third-order valence-electron chi connectivity index (χ3n) is 4.41. The van der Waals surface area contributed by atoms with Gasteiger partial charge in [-0.3, -0.25) is 9.89 Å². The van der Waals surface area contributed by atoms with E-state index in [1.807, 2.05) is 0 Å². The number of carbonyl (C=O) groups is 1. The van der Waals surface area contributed by atoms with Gasteiger partial charge in [0.05, 0.1) is 12.0 Å². The number of nitrogens with one attached hydrogen (secondary N) is 1. The van der Waals surface area contributed by atoms with Crippen LogP contribution in [-0.4, -0.2) is 41.5 Å². The summed E-state index contributed by atoms with van der Waals surface area (Å²) in [5, 5.41) is 28.0. The lowest BCUT2D eigenvalue weighted by Gasteiger charge is -2.35. The van der Waals surface area contributed by atoms with Crippen LogP contribution in [0.25, 0.3) is 11.5 Å². The Morgan fingerprint density at radius 1 is 1.52 bits per heavy atom. The van der Waals surface area contributed by atoms with E-state index in [4.69, 9.17) is 0 Å². The zero-order valence-electron chi connectivity index (χ0n) is 11.9. The van der Waals surface area contributed by atoms with Crippen molar-refractivity contribution >= 4 is 5.97 Å². The Bertz CT molecular complexity index is 612. The minimum absolute atomic E-state index is 0.288. The summed E-state index contributed by atoms with van der Waals surface area (Å²) in [6.07, 6.45) is 4.78. The maximum Gasteiger partial charge on any atom is 0.311 e. The number of tetrazole rings is 1. The van der Waals surface area contributed by atoms with Crippen LogP contribution >= 0.6 is 0 Å². The highest BCUT2D eigenvalue weighted by Gasteiger charge is 2.42. The number of carboxylic acids is 1. The minimum Gasteiger partial charge on any atom is -0.481 e. The van der Waals surface area contributed by atoms with E-state index in [1.54, 1.807) is 16.9 Å². The van der Waals surface area contributed by atoms with E-state index < -0.39 is 11.4 Å². The number of H-pyrrole nitrogens is 1. The van der Waals surface area contributed by atoms with Gasteiger partial charge in [0.15, 0.2) is 5.82 Å². The van der Waals surface area contributed by atoms with Crippen molar-refractivity contribution in [3.63, 3.8) is 0 Å². The molecule has 8 heteroatoms. The largest absolute Gasteiger partial charge is 0.481 e. The van der Waals surface area contributed by atoms with Crippen LogP contribution in [0.5, 0.6) is 0 Å². The molecule has 0 radical (unpaired) electrons. The molecule has 1 saturated carbocycles. The molecule has 1 aliphatic rings. The van der Waals surface area contributed by atoms with Gasteiger partial charge in [-0.1, -0.05) is 6.92 Å². The molecule has 2 N–H and O–H groups in total. The first-order chi connectivity index (χ1) is 10.1. The molecule has 0 spiro atoms. The minimum atomic E-state index is -0.781.